The number of benzene rings is 1. The number of thiazole rings is 1. The third kappa shape index (κ3) is 3.75. The minimum Gasteiger partial charge on any atom is -0.345 e. The van der Waals surface area contributed by atoms with Crippen LogP contribution in [0.5, 0.6) is 0 Å². The average Bonchev–Trinajstić information content (AvgIpc) is 3.39. The lowest BCUT2D eigenvalue weighted by atomic mass is 10.0. The molecule has 0 amide bonds. The zero-order chi connectivity index (χ0) is 20.4. The lowest BCUT2D eigenvalue weighted by molar-refractivity contribution is 0.103. The molecule has 9 heteroatoms. The maximum atomic E-state index is 14.9. The number of aromatic amines is 1. The van der Waals surface area contributed by atoms with Gasteiger partial charge >= 0.3 is 0 Å². The second-order valence-corrected chi connectivity index (χ2v) is 7.88. The number of hydrogen-bond acceptors (Lipinski definition) is 6. The monoisotopic (exact) mass is 430 g/mol. The third-order valence-electron chi connectivity index (χ3n) is 4.31. The van der Waals surface area contributed by atoms with Crippen molar-refractivity contribution < 1.29 is 13.6 Å². The second kappa shape index (κ2) is 8.30. The molecule has 3 aromatic heterocycles. The SMILES string of the molecule is CCCSNc1ccc(F)c(C(=O)c2c[nH]c3ncc(-c4cscn4)cc23)c1F. The van der Waals surface area contributed by atoms with E-state index < -0.39 is 23.0 Å². The number of pyridine rings is 1. The van der Waals surface area contributed by atoms with Crippen molar-refractivity contribution in [3.8, 4) is 11.3 Å². The van der Waals surface area contributed by atoms with Gasteiger partial charge in [0.1, 0.15) is 11.5 Å². The van der Waals surface area contributed by atoms with Crippen molar-refractivity contribution in [2.45, 2.75) is 13.3 Å². The number of H-pyrrole nitrogens is 1. The summed E-state index contributed by atoms with van der Waals surface area (Å²) in [5, 5.41) is 2.34. The minimum absolute atomic E-state index is 0.0781. The van der Waals surface area contributed by atoms with Crippen LogP contribution in [0, 0.1) is 11.6 Å². The number of anilines is 1. The van der Waals surface area contributed by atoms with Crippen molar-refractivity contribution in [2.75, 3.05) is 10.5 Å². The molecule has 0 radical (unpaired) electrons. The van der Waals surface area contributed by atoms with E-state index in [-0.39, 0.29) is 11.3 Å². The number of rotatable bonds is 7. The molecule has 0 saturated carbocycles. The molecule has 148 valence electrons. The summed E-state index contributed by atoms with van der Waals surface area (Å²) in [5.74, 6) is -1.80. The maximum Gasteiger partial charge on any atom is 0.201 e. The predicted molar refractivity (Wildman–Crippen MR) is 113 cm³/mol. The Balaban J connectivity index is 1.76. The first-order chi connectivity index (χ1) is 14.1. The molecule has 0 aliphatic rings. The van der Waals surface area contributed by atoms with Crippen LogP contribution in [0.4, 0.5) is 14.5 Å². The van der Waals surface area contributed by atoms with Crippen molar-refractivity contribution in [1.82, 2.24) is 15.0 Å². The van der Waals surface area contributed by atoms with Crippen molar-refractivity contribution >= 4 is 45.8 Å². The molecule has 4 rings (SSSR count). The Hall–Kier alpha value is -2.78. The van der Waals surface area contributed by atoms with Crippen molar-refractivity contribution in [2.24, 2.45) is 0 Å². The van der Waals surface area contributed by atoms with E-state index in [0.29, 0.717) is 11.0 Å². The van der Waals surface area contributed by atoms with Gasteiger partial charge in [-0.1, -0.05) is 18.9 Å². The van der Waals surface area contributed by atoms with Gasteiger partial charge in [0.05, 0.1) is 22.5 Å². The van der Waals surface area contributed by atoms with Crippen LogP contribution in [-0.2, 0) is 0 Å². The molecule has 0 saturated heterocycles. The Labute approximate surface area is 173 Å². The number of halogens is 2. The van der Waals surface area contributed by atoms with Crippen LogP contribution in [0.25, 0.3) is 22.3 Å². The molecular formula is C20H16F2N4OS2. The zero-order valence-electron chi connectivity index (χ0n) is 15.3. The summed E-state index contributed by atoms with van der Waals surface area (Å²) in [5.41, 5.74) is 3.24. The minimum atomic E-state index is -0.906. The van der Waals surface area contributed by atoms with Gasteiger partial charge in [0, 0.05) is 40.0 Å². The van der Waals surface area contributed by atoms with Crippen LogP contribution in [0.15, 0.2) is 41.5 Å². The van der Waals surface area contributed by atoms with Crippen molar-refractivity contribution in [1.29, 1.82) is 0 Å². The van der Waals surface area contributed by atoms with Crippen molar-refractivity contribution in [3.05, 3.63) is 64.2 Å². The molecule has 5 nitrogen and oxygen atoms in total. The van der Waals surface area contributed by atoms with E-state index >= 15 is 0 Å². The molecule has 0 unspecified atom stereocenters. The second-order valence-electron chi connectivity index (χ2n) is 6.26. The molecule has 0 bridgehead atoms. The number of hydrogen-bond donors (Lipinski definition) is 2. The molecule has 0 aliphatic heterocycles. The summed E-state index contributed by atoms with van der Waals surface area (Å²) in [6, 6.07) is 4.14. The molecule has 29 heavy (non-hydrogen) atoms. The number of ketones is 1. The predicted octanol–water partition coefficient (Wildman–Crippen LogP) is 5.67. The zero-order valence-corrected chi connectivity index (χ0v) is 17.0. The molecule has 1 aromatic carbocycles. The number of aromatic nitrogens is 3. The number of fused-ring (bicyclic) bond motifs is 1. The highest BCUT2D eigenvalue weighted by Gasteiger charge is 2.24. The molecular weight excluding hydrogens is 414 g/mol. The van der Waals surface area contributed by atoms with E-state index in [2.05, 4.69) is 19.7 Å². The Morgan fingerprint density at radius 3 is 2.93 bits per heavy atom. The smallest absolute Gasteiger partial charge is 0.201 e. The lowest BCUT2D eigenvalue weighted by Gasteiger charge is -2.10. The summed E-state index contributed by atoms with van der Waals surface area (Å²) >= 11 is 2.74. The summed E-state index contributed by atoms with van der Waals surface area (Å²) in [6.07, 6.45) is 3.96. The molecule has 3 heterocycles. The van der Waals surface area contributed by atoms with Gasteiger partial charge in [-0.25, -0.2) is 18.7 Å². The fourth-order valence-electron chi connectivity index (χ4n) is 2.89. The van der Waals surface area contributed by atoms with Crippen LogP contribution < -0.4 is 4.72 Å². The number of nitrogens with zero attached hydrogens (tertiary/aromatic N) is 2. The highest BCUT2D eigenvalue weighted by molar-refractivity contribution is 8.00. The standard InChI is InChI=1S/C20H16F2N4OS2/c1-2-5-29-26-15-4-3-14(21)17(18(15)22)19(27)13-8-24-20-12(13)6-11(7-23-20)16-9-28-10-25-16/h3-4,6-10,26H,2,5H2,1H3,(H,23,24). The highest BCUT2D eigenvalue weighted by Crippen LogP contribution is 2.30. The fraction of sp³-hybridized carbons (Fsp3) is 0.150. The summed E-state index contributed by atoms with van der Waals surface area (Å²) < 4.78 is 32.2. The third-order valence-corrected chi connectivity index (χ3v) is 5.87. The first-order valence-corrected chi connectivity index (χ1v) is 10.8. The van der Waals surface area contributed by atoms with E-state index in [0.717, 1.165) is 29.5 Å². The first kappa shape index (κ1) is 19.5. The molecule has 0 aliphatic carbocycles. The van der Waals surface area contributed by atoms with E-state index in [1.54, 1.807) is 17.8 Å². The average molecular weight is 431 g/mol. The Bertz CT molecular complexity index is 1170. The Kier molecular flexibility index (Phi) is 5.59. The van der Waals surface area contributed by atoms with Gasteiger partial charge < -0.3 is 9.71 Å². The van der Waals surface area contributed by atoms with Gasteiger partial charge in [0.15, 0.2) is 5.82 Å². The van der Waals surface area contributed by atoms with Gasteiger partial charge in [-0.05, 0) is 24.6 Å². The molecule has 0 spiro atoms. The number of carbonyl (C=O) groups is 1. The molecule has 2 N–H and O–H groups in total. The molecule has 0 fully saturated rings. The largest absolute Gasteiger partial charge is 0.345 e. The topological polar surface area (TPSA) is 70.7 Å². The summed E-state index contributed by atoms with van der Waals surface area (Å²) in [7, 11) is 0. The number of nitrogens with one attached hydrogen (secondary N) is 2. The number of carbonyl (C=O) groups excluding carboxylic acids is 1. The summed E-state index contributed by atoms with van der Waals surface area (Å²) in [6.45, 7) is 2.00. The van der Waals surface area contributed by atoms with E-state index in [1.807, 2.05) is 12.3 Å². The normalized spacial score (nSPS) is 11.1. The van der Waals surface area contributed by atoms with Crippen LogP contribution in [0.3, 0.4) is 0 Å². The Morgan fingerprint density at radius 1 is 1.31 bits per heavy atom. The molecule has 0 atom stereocenters. The fourth-order valence-corrected chi connectivity index (χ4v) is 4.07. The van der Waals surface area contributed by atoms with Crippen LogP contribution >= 0.6 is 23.3 Å². The van der Waals surface area contributed by atoms with Crippen LogP contribution in [0.1, 0.15) is 29.3 Å². The van der Waals surface area contributed by atoms with Crippen molar-refractivity contribution in [3.63, 3.8) is 0 Å². The maximum absolute atomic E-state index is 14.9. The molecule has 4 aromatic rings. The lowest BCUT2D eigenvalue weighted by Crippen LogP contribution is -2.09. The van der Waals surface area contributed by atoms with Crippen LogP contribution in [0.2, 0.25) is 0 Å². The highest BCUT2D eigenvalue weighted by atomic mass is 32.2. The van der Waals surface area contributed by atoms with E-state index in [9.17, 15) is 13.6 Å². The quantitative estimate of drug-likeness (QED) is 0.225. The van der Waals surface area contributed by atoms with E-state index in [1.165, 1.54) is 35.5 Å². The van der Waals surface area contributed by atoms with Gasteiger partial charge in [-0.2, -0.15) is 0 Å². The van der Waals surface area contributed by atoms with E-state index in [4.69, 9.17) is 0 Å². The van der Waals surface area contributed by atoms with Gasteiger partial charge in [-0.3, -0.25) is 4.79 Å². The van der Waals surface area contributed by atoms with Gasteiger partial charge in [0.25, 0.3) is 0 Å². The van der Waals surface area contributed by atoms with Gasteiger partial charge in [0.2, 0.25) is 5.78 Å². The Morgan fingerprint density at radius 2 is 2.17 bits per heavy atom. The van der Waals surface area contributed by atoms with Crippen LogP contribution in [-0.4, -0.2) is 26.5 Å². The summed E-state index contributed by atoms with van der Waals surface area (Å²) in [4.78, 5) is 24.5. The van der Waals surface area contributed by atoms with Gasteiger partial charge in [-0.15, -0.1) is 11.3 Å². The first-order valence-electron chi connectivity index (χ1n) is 8.86.